The first kappa shape index (κ1) is 9.84. The fourth-order valence-corrected chi connectivity index (χ4v) is 3.29. The molecular formula is C11H12N2O2S. The third-order valence-electron chi connectivity index (χ3n) is 2.90. The fourth-order valence-electron chi connectivity index (χ4n) is 2.11. The van der Waals surface area contributed by atoms with Crippen LogP contribution >= 0.6 is 11.3 Å². The lowest BCUT2D eigenvalue weighted by molar-refractivity contribution is 0.528. The van der Waals surface area contributed by atoms with Crippen LogP contribution in [0.15, 0.2) is 15.3 Å². The number of nitrogens with zero attached hydrogens (tertiary/aromatic N) is 1. The van der Waals surface area contributed by atoms with E-state index in [2.05, 4.69) is 16.3 Å². The minimum Gasteiger partial charge on any atom is -0.387 e. The van der Waals surface area contributed by atoms with Gasteiger partial charge in [0.25, 0.3) is 5.89 Å². The first-order valence-corrected chi connectivity index (χ1v) is 6.32. The number of H-pyrrole nitrogens is 1. The average molecular weight is 236 g/mol. The van der Waals surface area contributed by atoms with Crippen LogP contribution in [0.3, 0.4) is 0 Å². The summed E-state index contributed by atoms with van der Waals surface area (Å²) in [6, 6.07) is 2.12. The maximum atomic E-state index is 10.9. The molecule has 0 fully saturated rings. The molecule has 4 nitrogen and oxygen atoms in total. The summed E-state index contributed by atoms with van der Waals surface area (Å²) < 4.78 is 4.97. The molecule has 0 saturated carbocycles. The van der Waals surface area contributed by atoms with Crippen molar-refractivity contribution in [3.63, 3.8) is 0 Å². The third kappa shape index (κ3) is 1.71. The van der Waals surface area contributed by atoms with E-state index in [-0.39, 0.29) is 0 Å². The Morgan fingerprint density at radius 3 is 3.00 bits per heavy atom. The minimum atomic E-state index is -0.487. The SMILES string of the molecule is O=c1[nH]nc(-c2cc3c(s2)CCCCC3)o1. The molecule has 0 saturated heterocycles. The number of rotatable bonds is 1. The summed E-state index contributed by atoms with van der Waals surface area (Å²) in [5.41, 5.74) is 1.41. The molecule has 84 valence electrons. The van der Waals surface area contributed by atoms with Crippen molar-refractivity contribution in [1.82, 2.24) is 10.2 Å². The summed E-state index contributed by atoms with van der Waals surface area (Å²) in [6.07, 6.45) is 6.12. The van der Waals surface area contributed by atoms with Gasteiger partial charge >= 0.3 is 5.76 Å². The summed E-state index contributed by atoms with van der Waals surface area (Å²) in [5, 5.41) is 6.15. The highest BCUT2D eigenvalue weighted by atomic mass is 32.1. The predicted molar refractivity (Wildman–Crippen MR) is 61.7 cm³/mol. The van der Waals surface area contributed by atoms with Gasteiger partial charge in [0.05, 0.1) is 4.88 Å². The van der Waals surface area contributed by atoms with Crippen molar-refractivity contribution in [2.75, 3.05) is 0 Å². The van der Waals surface area contributed by atoms with Crippen LogP contribution in [0.5, 0.6) is 0 Å². The number of aromatic amines is 1. The molecule has 2 aromatic rings. The van der Waals surface area contributed by atoms with E-state index in [1.165, 1.54) is 29.7 Å². The molecule has 1 aliphatic rings. The number of aromatic nitrogens is 2. The van der Waals surface area contributed by atoms with Crippen molar-refractivity contribution in [2.24, 2.45) is 0 Å². The largest absolute Gasteiger partial charge is 0.434 e. The van der Waals surface area contributed by atoms with Gasteiger partial charge in [0.2, 0.25) is 0 Å². The zero-order valence-corrected chi connectivity index (χ0v) is 9.60. The van der Waals surface area contributed by atoms with Crippen LogP contribution < -0.4 is 5.76 Å². The highest BCUT2D eigenvalue weighted by Crippen LogP contribution is 2.33. The predicted octanol–water partition coefficient (Wildman–Crippen LogP) is 2.36. The zero-order chi connectivity index (χ0) is 11.0. The molecular weight excluding hydrogens is 224 g/mol. The molecule has 2 heterocycles. The molecule has 3 rings (SSSR count). The van der Waals surface area contributed by atoms with Crippen LogP contribution in [-0.2, 0) is 12.8 Å². The Morgan fingerprint density at radius 2 is 2.19 bits per heavy atom. The second-order valence-corrected chi connectivity index (χ2v) is 5.17. The Bertz CT molecular complexity index is 529. The van der Waals surface area contributed by atoms with Crippen molar-refractivity contribution in [3.05, 3.63) is 27.1 Å². The van der Waals surface area contributed by atoms with Crippen molar-refractivity contribution in [1.29, 1.82) is 0 Å². The van der Waals surface area contributed by atoms with Gasteiger partial charge < -0.3 is 4.42 Å². The van der Waals surface area contributed by atoms with Gasteiger partial charge in [-0.25, -0.2) is 9.89 Å². The van der Waals surface area contributed by atoms with Gasteiger partial charge in [0.1, 0.15) is 0 Å². The Labute approximate surface area is 96.3 Å². The van der Waals surface area contributed by atoms with Crippen molar-refractivity contribution in [2.45, 2.75) is 32.1 Å². The summed E-state index contributed by atoms with van der Waals surface area (Å²) in [5.74, 6) is -0.0679. The highest BCUT2D eigenvalue weighted by molar-refractivity contribution is 7.15. The second kappa shape index (κ2) is 3.90. The first-order chi connectivity index (χ1) is 7.83. The molecule has 0 amide bonds. The standard InChI is InChI=1S/C11H12N2O2S/c14-11-13-12-10(15-11)9-6-7-4-2-1-3-5-8(7)16-9/h6H,1-5H2,(H,13,14). The summed E-state index contributed by atoms with van der Waals surface area (Å²) in [7, 11) is 0. The fraction of sp³-hybridized carbons (Fsp3) is 0.455. The molecule has 0 spiro atoms. The lowest BCUT2D eigenvalue weighted by Crippen LogP contribution is -1.93. The minimum absolute atomic E-state index is 0.420. The number of hydrogen-bond acceptors (Lipinski definition) is 4. The lowest BCUT2D eigenvalue weighted by Gasteiger charge is -1.92. The van der Waals surface area contributed by atoms with Gasteiger partial charge in [-0.05, 0) is 37.3 Å². The topological polar surface area (TPSA) is 58.9 Å². The summed E-state index contributed by atoms with van der Waals surface area (Å²) >= 11 is 1.70. The van der Waals surface area contributed by atoms with Gasteiger partial charge in [0, 0.05) is 4.88 Å². The monoisotopic (exact) mass is 236 g/mol. The van der Waals surface area contributed by atoms with Crippen molar-refractivity contribution in [3.8, 4) is 10.8 Å². The molecule has 5 heteroatoms. The van der Waals surface area contributed by atoms with Gasteiger partial charge in [-0.3, -0.25) is 0 Å². The number of fused-ring (bicyclic) bond motifs is 1. The van der Waals surface area contributed by atoms with Gasteiger partial charge in [0.15, 0.2) is 0 Å². The van der Waals surface area contributed by atoms with Crippen LogP contribution in [0.4, 0.5) is 0 Å². The molecule has 0 aromatic carbocycles. The maximum absolute atomic E-state index is 10.9. The Kier molecular flexibility index (Phi) is 2.40. The normalized spacial score (nSPS) is 15.8. The van der Waals surface area contributed by atoms with Crippen LogP contribution in [0, 0.1) is 0 Å². The van der Waals surface area contributed by atoms with Gasteiger partial charge in [-0.1, -0.05) is 6.42 Å². The van der Waals surface area contributed by atoms with E-state index in [0.29, 0.717) is 5.89 Å². The Morgan fingerprint density at radius 1 is 1.31 bits per heavy atom. The molecule has 0 radical (unpaired) electrons. The number of hydrogen-bond donors (Lipinski definition) is 1. The van der Waals surface area contributed by atoms with Gasteiger partial charge in [-0.2, -0.15) is 0 Å². The number of thiophene rings is 1. The maximum Gasteiger partial charge on any atom is 0.434 e. The first-order valence-electron chi connectivity index (χ1n) is 5.50. The molecule has 2 aromatic heterocycles. The molecule has 1 N–H and O–H groups in total. The average Bonchev–Trinajstić information content (AvgIpc) is 2.81. The number of nitrogens with one attached hydrogen (secondary N) is 1. The molecule has 1 aliphatic carbocycles. The van der Waals surface area contributed by atoms with E-state index in [0.717, 1.165) is 17.7 Å². The number of aryl methyl sites for hydroxylation is 2. The van der Waals surface area contributed by atoms with Crippen LogP contribution in [-0.4, -0.2) is 10.2 Å². The molecule has 0 unspecified atom stereocenters. The van der Waals surface area contributed by atoms with E-state index < -0.39 is 5.76 Å². The molecule has 0 atom stereocenters. The van der Waals surface area contributed by atoms with E-state index >= 15 is 0 Å². The zero-order valence-electron chi connectivity index (χ0n) is 8.78. The van der Waals surface area contributed by atoms with Crippen molar-refractivity contribution >= 4 is 11.3 Å². The summed E-state index contributed by atoms with van der Waals surface area (Å²) in [6.45, 7) is 0. The Balaban J connectivity index is 2.01. The lowest BCUT2D eigenvalue weighted by atomic mass is 10.1. The summed E-state index contributed by atoms with van der Waals surface area (Å²) in [4.78, 5) is 13.3. The van der Waals surface area contributed by atoms with Crippen LogP contribution in [0.2, 0.25) is 0 Å². The van der Waals surface area contributed by atoms with Crippen LogP contribution in [0.1, 0.15) is 29.7 Å². The molecule has 0 bridgehead atoms. The van der Waals surface area contributed by atoms with E-state index in [4.69, 9.17) is 4.42 Å². The smallest absolute Gasteiger partial charge is 0.387 e. The van der Waals surface area contributed by atoms with Crippen molar-refractivity contribution < 1.29 is 4.42 Å². The van der Waals surface area contributed by atoms with Gasteiger partial charge in [-0.15, -0.1) is 16.4 Å². The third-order valence-corrected chi connectivity index (χ3v) is 4.12. The van der Waals surface area contributed by atoms with Crippen LogP contribution in [0.25, 0.3) is 10.8 Å². The van der Waals surface area contributed by atoms with E-state index in [1.807, 2.05) is 0 Å². The molecule has 0 aliphatic heterocycles. The molecule has 16 heavy (non-hydrogen) atoms. The second-order valence-electron chi connectivity index (χ2n) is 4.04. The Hall–Kier alpha value is -1.36. The van der Waals surface area contributed by atoms with E-state index in [1.54, 1.807) is 11.3 Å². The highest BCUT2D eigenvalue weighted by Gasteiger charge is 2.15. The van der Waals surface area contributed by atoms with E-state index in [9.17, 15) is 4.79 Å². The quantitative estimate of drug-likeness (QED) is 0.773.